The number of hydrogen-bond acceptors (Lipinski definition) is 5. The number of ether oxygens (including phenoxy) is 1. The molecule has 1 amide bonds. The number of fused-ring (bicyclic) bond motifs is 1. The molecule has 3 aromatic rings. The van der Waals surface area contributed by atoms with Crippen molar-refractivity contribution in [3.63, 3.8) is 0 Å². The van der Waals surface area contributed by atoms with Gasteiger partial charge in [-0.25, -0.2) is 4.98 Å². The molecule has 0 saturated heterocycles. The molecule has 0 saturated carbocycles. The molecule has 2 aromatic heterocycles. The molecular formula is C16H15N3O3S. The van der Waals surface area contributed by atoms with Crippen LogP contribution in [0.3, 0.4) is 0 Å². The van der Waals surface area contributed by atoms with Gasteiger partial charge in [-0.1, -0.05) is 12.1 Å². The summed E-state index contributed by atoms with van der Waals surface area (Å²) in [6.07, 6.45) is 2.93. The van der Waals surface area contributed by atoms with E-state index < -0.39 is 5.91 Å². The largest absolute Gasteiger partial charge is 0.497 e. The summed E-state index contributed by atoms with van der Waals surface area (Å²) in [6.45, 7) is 1.86. The minimum absolute atomic E-state index is 0.0289. The molecule has 0 bridgehead atoms. The number of hydrogen-bond donors (Lipinski definition) is 1. The van der Waals surface area contributed by atoms with E-state index in [0.29, 0.717) is 4.96 Å². The van der Waals surface area contributed by atoms with Crippen LogP contribution >= 0.6 is 11.3 Å². The molecule has 0 aliphatic carbocycles. The van der Waals surface area contributed by atoms with Crippen molar-refractivity contribution in [1.82, 2.24) is 14.7 Å². The zero-order chi connectivity index (χ0) is 16.4. The van der Waals surface area contributed by atoms with E-state index in [4.69, 9.17) is 4.74 Å². The quantitative estimate of drug-likeness (QED) is 0.797. The Balaban J connectivity index is 1.81. The molecule has 0 aliphatic heterocycles. The Bertz CT molecular complexity index is 899. The van der Waals surface area contributed by atoms with Crippen molar-refractivity contribution < 1.29 is 9.53 Å². The third-order valence-corrected chi connectivity index (χ3v) is 4.32. The molecule has 0 aliphatic rings. The van der Waals surface area contributed by atoms with Crippen LogP contribution in [0.15, 0.2) is 46.8 Å². The Labute approximate surface area is 136 Å². The van der Waals surface area contributed by atoms with Gasteiger partial charge in [0.25, 0.3) is 11.5 Å². The van der Waals surface area contributed by atoms with Crippen LogP contribution in [0.4, 0.5) is 0 Å². The van der Waals surface area contributed by atoms with Gasteiger partial charge in [-0.2, -0.15) is 0 Å². The van der Waals surface area contributed by atoms with E-state index in [1.165, 1.54) is 21.9 Å². The summed E-state index contributed by atoms with van der Waals surface area (Å²) >= 11 is 1.34. The molecule has 3 rings (SSSR count). The van der Waals surface area contributed by atoms with Gasteiger partial charge >= 0.3 is 0 Å². The average Bonchev–Trinajstić information content (AvgIpc) is 3.04. The first-order chi connectivity index (χ1) is 11.1. The van der Waals surface area contributed by atoms with E-state index in [0.717, 1.165) is 11.3 Å². The van der Waals surface area contributed by atoms with E-state index >= 15 is 0 Å². The van der Waals surface area contributed by atoms with Gasteiger partial charge in [0.1, 0.15) is 11.3 Å². The number of carbonyl (C=O) groups is 1. The van der Waals surface area contributed by atoms with Crippen molar-refractivity contribution in [3.8, 4) is 5.75 Å². The molecule has 1 aromatic carbocycles. The second kappa shape index (κ2) is 6.21. The number of nitrogens with zero attached hydrogens (tertiary/aromatic N) is 2. The Hall–Kier alpha value is -2.67. The van der Waals surface area contributed by atoms with Gasteiger partial charge in [0.2, 0.25) is 0 Å². The summed E-state index contributed by atoms with van der Waals surface area (Å²) in [6, 6.07) is 7.15. The van der Waals surface area contributed by atoms with E-state index in [9.17, 15) is 9.59 Å². The topological polar surface area (TPSA) is 72.7 Å². The molecule has 118 valence electrons. The minimum Gasteiger partial charge on any atom is -0.497 e. The molecule has 6 nitrogen and oxygen atoms in total. The van der Waals surface area contributed by atoms with E-state index in [1.807, 2.05) is 31.2 Å². The van der Waals surface area contributed by atoms with Gasteiger partial charge in [0, 0.05) is 17.8 Å². The highest BCUT2D eigenvalue weighted by Crippen LogP contribution is 2.17. The van der Waals surface area contributed by atoms with Crippen molar-refractivity contribution in [1.29, 1.82) is 0 Å². The van der Waals surface area contributed by atoms with Gasteiger partial charge in [0.15, 0.2) is 4.96 Å². The number of nitrogens with one attached hydrogen (secondary N) is 1. The second-order valence-corrected chi connectivity index (χ2v) is 5.87. The summed E-state index contributed by atoms with van der Waals surface area (Å²) in [5, 5.41) is 4.57. The molecular weight excluding hydrogens is 314 g/mol. The van der Waals surface area contributed by atoms with Gasteiger partial charge in [-0.3, -0.25) is 14.0 Å². The van der Waals surface area contributed by atoms with Crippen LogP contribution in [0.5, 0.6) is 5.75 Å². The fourth-order valence-corrected chi connectivity index (χ4v) is 2.91. The zero-order valence-corrected chi connectivity index (χ0v) is 13.5. The van der Waals surface area contributed by atoms with Crippen LogP contribution in [0, 0.1) is 0 Å². The Morgan fingerprint density at radius 2 is 2.09 bits per heavy atom. The number of thiazole rings is 1. The lowest BCUT2D eigenvalue weighted by atomic mass is 10.1. The molecule has 0 fully saturated rings. The van der Waals surface area contributed by atoms with Gasteiger partial charge in [-0.15, -0.1) is 11.3 Å². The maximum atomic E-state index is 12.4. The lowest BCUT2D eigenvalue weighted by molar-refractivity contribution is 0.0938. The highest BCUT2D eigenvalue weighted by Gasteiger charge is 2.16. The standard InChI is InChI=1S/C16H15N3O3S/c1-10(11-3-5-12(22-2)6-4-11)18-14(20)13-9-17-16-19(15(13)21)7-8-23-16/h3-10H,1-2H3,(H,18,20)/t10-/m0/s1. The summed E-state index contributed by atoms with van der Waals surface area (Å²) in [4.78, 5) is 29.3. The SMILES string of the molecule is COc1ccc([C@H](C)NC(=O)c2cnc3sccn3c2=O)cc1. The number of rotatable bonds is 4. The van der Waals surface area contributed by atoms with E-state index in [-0.39, 0.29) is 17.2 Å². The van der Waals surface area contributed by atoms with Crippen LogP contribution in [-0.2, 0) is 0 Å². The second-order valence-electron chi connectivity index (χ2n) is 5.00. The molecule has 2 heterocycles. The first-order valence-electron chi connectivity index (χ1n) is 7.00. The summed E-state index contributed by atoms with van der Waals surface area (Å²) in [7, 11) is 1.60. The Morgan fingerprint density at radius 3 is 2.78 bits per heavy atom. The zero-order valence-electron chi connectivity index (χ0n) is 12.6. The first-order valence-corrected chi connectivity index (χ1v) is 7.88. The van der Waals surface area contributed by atoms with Crippen molar-refractivity contribution in [3.05, 3.63) is 63.5 Å². The molecule has 1 N–H and O–H groups in total. The van der Waals surface area contributed by atoms with Crippen LogP contribution < -0.4 is 15.6 Å². The van der Waals surface area contributed by atoms with Crippen molar-refractivity contribution >= 4 is 22.2 Å². The number of amides is 1. The number of aromatic nitrogens is 2. The van der Waals surface area contributed by atoms with Crippen molar-refractivity contribution in [2.45, 2.75) is 13.0 Å². The third kappa shape index (κ3) is 2.95. The third-order valence-electron chi connectivity index (χ3n) is 3.55. The molecule has 7 heteroatoms. The average molecular weight is 329 g/mol. The summed E-state index contributed by atoms with van der Waals surface area (Å²) in [5.74, 6) is 0.309. The van der Waals surface area contributed by atoms with E-state index in [2.05, 4.69) is 10.3 Å². The predicted octanol–water partition coefficient (Wildman–Crippen LogP) is 2.26. The normalized spacial score (nSPS) is 12.1. The van der Waals surface area contributed by atoms with Crippen LogP contribution in [0.1, 0.15) is 28.9 Å². The lowest BCUT2D eigenvalue weighted by Gasteiger charge is -2.14. The van der Waals surface area contributed by atoms with Gasteiger partial charge in [-0.05, 0) is 24.6 Å². The molecule has 1 atom stereocenters. The summed E-state index contributed by atoms with van der Waals surface area (Å²) in [5.41, 5.74) is 0.584. The predicted molar refractivity (Wildman–Crippen MR) is 88.2 cm³/mol. The first kappa shape index (κ1) is 15.2. The maximum absolute atomic E-state index is 12.4. The molecule has 0 unspecified atom stereocenters. The monoisotopic (exact) mass is 329 g/mol. The van der Waals surface area contributed by atoms with Crippen molar-refractivity contribution in [2.75, 3.05) is 7.11 Å². The summed E-state index contributed by atoms with van der Waals surface area (Å²) < 4.78 is 6.48. The highest BCUT2D eigenvalue weighted by atomic mass is 32.1. The Kier molecular flexibility index (Phi) is 4.12. The smallest absolute Gasteiger partial charge is 0.271 e. The minimum atomic E-state index is -0.439. The van der Waals surface area contributed by atoms with Gasteiger partial charge in [0.05, 0.1) is 13.2 Å². The van der Waals surface area contributed by atoms with E-state index in [1.54, 1.807) is 18.7 Å². The lowest BCUT2D eigenvalue weighted by Crippen LogP contribution is -2.32. The molecule has 0 spiro atoms. The fourth-order valence-electron chi connectivity index (χ4n) is 2.23. The fraction of sp³-hybridized carbons (Fsp3) is 0.188. The molecule has 23 heavy (non-hydrogen) atoms. The van der Waals surface area contributed by atoms with Crippen molar-refractivity contribution in [2.24, 2.45) is 0 Å². The van der Waals surface area contributed by atoms with Gasteiger partial charge < -0.3 is 10.1 Å². The van der Waals surface area contributed by atoms with Crippen LogP contribution in [0.2, 0.25) is 0 Å². The number of carbonyl (C=O) groups excluding carboxylic acids is 1. The Morgan fingerprint density at radius 1 is 1.35 bits per heavy atom. The molecule has 0 radical (unpaired) electrons. The van der Waals surface area contributed by atoms with Crippen LogP contribution in [-0.4, -0.2) is 22.4 Å². The maximum Gasteiger partial charge on any atom is 0.271 e. The number of benzene rings is 1. The van der Waals surface area contributed by atoms with Crippen LogP contribution in [0.25, 0.3) is 4.96 Å². The number of methoxy groups -OCH3 is 1. The highest BCUT2D eigenvalue weighted by molar-refractivity contribution is 7.15.